The van der Waals surface area contributed by atoms with Crippen molar-refractivity contribution in [3.05, 3.63) is 66.7 Å². The lowest BCUT2D eigenvalue weighted by Gasteiger charge is -2.15. The van der Waals surface area contributed by atoms with Gasteiger partial charge in [-0.2, -0.15) is 0 Å². The highest BCUT2D eigenvalue weighted by atomic mass is 16.5. The Labute approximate surface area is 147 Å². The fourth-order valence-corrected chi connectivity index (χ4v) is 2.19. The van der Waals surface area contributed by atoms with Crippen LogP contribution in [-0.2, 0) is 4.79 Å². The van der Waals surface area contributed by atoms with Gasteiger partial charge in [-0.1, -0.05) is 19.6 Å². The average Bonchev–Trinajstić information content (AvgIpc) is 2.65. The van der Waals surface area contributed by atoms with E-state index in [9.17, 15) is 9.59 Å². The average molecular weight is 338 g/mol. The molecule has 0 saturated carbocycles. The van der Waals surface area contributed by atoms with Crippen molar-refractivity contribution in [1.82, 2.24) is 0 Å². The molecule has 5 heteroatoms. The molecule has 0 spiro atoms. The normalized spacial score (nSPS) is 10.0. The highest BCUT2D eigenvalue weighted by molar-refractivity contribution is 6.05. The molecule has 0 unspecified atom stereocenters. The highest BCUT2D eigenvalue weighted by Gasteiger charge is 2.10. The van der Waals surface area contributed by atoms with Gasteiger partial charge in [0.25, 0.3) is 5.91 Å². The molecular weight excluding hydrogens is 316 g/mol. The number of likely N-dealkylation sites (N-methyl/N-ethyl adjacent to an activating group) is 1. The van der Waals surface area contributed by atoms with E-state index in [-0.39, 0.29) is 11.8 Å². The van der Waals surface area contributed by atoms with Crippen molar-refractivity contribution >= 4 is 23.2 Å². The van der Waals surface area contributed by atoms with Crippen LogP contribution in [0.15, 0.2) is 61.2 Å². The first-order valence-corrected chi connectivity index (χ1v) is 8.09. The summed E-state index contributed by atoms with van der Waals surface area (Å²) >= 11 is 0. The summed E-state index contributed by atoms with van der Waals surface area (Å²) < 4.78 is 5.56. The molecule has 0 bridgehead atoms. The summed E-state index contributed by atoms with van der Waals surface area (Å²) in [4.78, 5) is 25.4. The number of rotatable bonds is 7. The lowest BCUT2D eigenvalue weighted by atomic mass is 10.1. The number of benzene rings is 2. The standard InChI is InChI=1S/C20H22N2O3/c1-4-13-25-18-8-6-7-16(14-18)21-20(24)15-9-11-17(12-10-15)22(3)19(23)5-2/h5-12,14H,2,4,13H2,1,3H3,(H,21,24). The lowest BCUT2D eigenvalue weighted by Crippen LogP contribution is -2.23. The number of hydrogen-bond acceptors (Lipinski definition) is 3. The molecule has 0 radical (unpaired) electrons. The van der Waals surface area contributed by atoms with Crippen molar-refractivity contribution in [3.63, 3.8) is 0 Å². The fraction of sp³-hybridized carbons (Fsp3) is 0.200. The zero-order chi connectivity index (χ0) is 18.2. The van der Waals surface area contributed by atoms with Crippen LogP contribution in [0.2, 0.25) is 0 Å². The number of carbonyl (C=O) groups is 2. The second kappa shape index (κ2) is 8.68. The van der Waals surface area contributed by atoms with E-state index in [1.807, 2.05) is 25.1 Å². The number of anilines is 2. The van der Waals surface area contributed by atoms with Crippen molar-refractivity contribution in [1.29, 1.82) is 0 Å². The second-order valence-electron chi connectivity index (χ2n) is 5.48. The molecule has 2 amide bonds. The van der Waals surface area contributed by atoms with Crippen molar-refractivity contribution in [2.45, 2.75) is 13.3 Å². The van der Waals surface area contributed by atoms with Crippen LogP contribution in [0.5, 0.6) is 5.75 Å². The van der Waals surface area contributed by atoms with Crippen LogP contribution in [-0.4, -0.2) is 25.5 Å². The van der Waals surface area contributed by atoms with Crippen LogP contribution in [0.25, 0.3) is 0 Å². The minimum Gasteiger partial charge on any atom is -0.494 e. The number of nitrogens with one attached hydrogen (secondary N) is 1. The maximum Gasteiger partial charge on any atom is 0.255 e. The van der Waals surface area contributed by atoms with E-state index in [0.29, 0.717) is 23.5 Å². The maximum atomic E-state index is 12.4. The molecule has 2 rings (SSSR count). The number of hydrogen-bond donors (Lipinski definition) is 1. The second-order valence-corrected chi connectivity index (χ2v) is 5.48. The van der Waals surface area contributed by atoms with Gasteiger partial charge in [-0.05, 0) is 48.9 Å². The predicted octanol–water partition coefficient (Wildman–Crippen LogP) is 3.88. The molecule has 0 aliphatic heterocycles. The summed E-state index contributed by atoms with van der Waals surface area (Å²) in [6.45, 7) is 6.13. The third kappa shape index (κ3) is 4.94. The van der Waals surface area contributed by atoms with Crippen molar-refractivity contribution < 1.29 is 14.3 Å². The van der Waals surface area contributed by atoms with Gasteiger partial charge in [0, 0.05) is 30.1 Å². The summed E-state index contributed by atoms with van der Waals surface area (Å²) in [5.41, 5.74) is 1.86. The molecule has 0 atom stereocenters. The SMILES string of the molecule is C=CC(=O)N(C)c1ccc(C(=O)Nc2cccc(OCCC)c2)cc1. The van der Waals surface area contributed by atoms with Gasteiger partial charge in [0.2, 0.25) is 5.91 Å². The van der Waals surface area contributed by atoms with E-state index < -0.39 is 0 Å². The molecule has 0 saturated heterocycles. The monoisotopic (exact) mass is 338 g/mol. The summed E-state index contributed by atoms with van der Waals surface area (Å²) in [6.07, 6.45) is 2.17. The largest absolute Gasteiger partial charge is 0.494 e. The Morgan fingerprint density at radius 1 is 1.20 bits per heavy atom. The number of ether oxygens (including phenoxy) is 1. The van der Waals surface area contributed by atoms with Crippen molar-refractivity contribution in [3.8, 4) is 5.75 Å². The molecule has 0 fully saturated rings. The fourth-order valence-electron chi connectivity index (χ4n) is 2.19. The Bertz CT molecular complexity index is 754. The summed E-state index contributed by atoms with van der Waals surface area (Å²) in [6, 6.07) is 14.1. The first-order chi connectivity index (χ1) is 12.0. The molecule has 2 aromatic carbocycles. The molecule has 130 valence electrons. The van der Waals surface area contributed by atoms with Gasteiger partial charge >= 0.3 is 0 Å². The quantitative estimate of drug-likeness (QED) is 0.780. The Morgan fingerprint density at radius 2 is 1.92 bits per heavy atom. The zero-order valence-corrected chi connectivity index (χ0v) is 14.5. The lowest BCUT2D eigenvalue weighted by molar-refractivity contribution is -0.113. The third-order valence-electron chi connectivity index (χ3n) is 3.59. The van der Waals surface area contributed by atoms with Gasteiger partial charge < -0.3 is 15.0 Å². The topological polar surface area (TPSA) is 58.6 Å². The van der Waals surface area contributed by atoms with Gasteiger partial charge in [0.15, 0.2) is 0 Å². The molecule has 0 aliphatic carbocycles. The maximum absolute atomic E-state index is 12.4. The van der Waals surface area contributed by atoms with Crippen LogP contribution >= 0.6 is 0 Å². The van der Waals surface area contributed by atoms with E-state index >= 15 is 0 Å². The van der Waals surface area contributed by atoms with Crippen LogP contribution < -0.4 is 15.0 Å². The predicted molar refractivity (Wildman–Crippen MR) is 100 cm³/mol. The molecule has 2 aromatic rings. The zero-order valence-electron chi connectivity index (χ0n) is 14.5. The smallest absolute Gasteiger partial charge is 0.255 e. The highest BCUT2D eigenvalue weighted by Crippen LogP contribution is 2.19. The summed E-state index contributed by atoms with van der Waals surface area (Å²) in [5.74, 6) is 0.289. The number of carbonyl (C=O) groups excluding carboxylic acids is 2. The molecule has 25 heavy (non-hydrogen) atoms. The van der Waals surface area contributed by atoms with Crippen LogP contribution in [0.4, 0.5) is 11.4 Å². The molecule has 0 aromatic heterocycles. The molecule has 5 nitrogen and oxygen atoms in total. The third-order valence-corrected chi connectivity index (χ3v) is 3.59. The van der Waals surface area contributed by atoms with Crippen LogP contribution in [0, 0.1) is 0 Å². The van der Waals surface area contributed by atoms with Gasteiger partial charge in [-0.15, -0.1) is 0 Å². The van der Waals surface area contributed by atoms with Crippen molar-refractivity contribution in [2.75, 3.05) is 23.9 Å². The van der Waals surface area contributed by atoms with E-state index in [2.05, 4.69) is 11.9 Å². The molecular formula is C20H22N2O3. The molecule has 0 heterocycles. The molecule has 1 N–H and O–H groups in total. The minimum absolute atomic E-state index is 0.207. The first kappa shape index (κ1) is 18.3. The minimum atomic E-state index is -0.225. The van der Waals surface area contributed by atoms with E-state index in [4.69, 9.17) is 4.74 Å². The Hall–Kier alpha value is -3.08. The molecule has 0 aliphatic rings. The summed E-state index contributed by atoms with van der Waals surface area (Å²) in [5, 5.41) is 2.84. The summed E-state index contributed by atoms with van der Waals surface area (Å²) in [7, 11) is 1.65. The van der Waals surface area contributed by atoms with Gasteiger partial charge in [-0.3, -0.25) is 9.59 Å². The van der Waals surface area contributed by atoms with E-state index in [1.165, 1.54) is 11.0 Å². The Balaban J connectivity index is 2.06. The van der Waals surface area contributed by atoms with E-state index in [1.54, 1.807) is 37.4 Å². The first-order valence-electron chi connectivity index (χ1n) is 8.09. The Kier molecular flexibility index (Phi) is 6.34. The van der Waals surface area contributed by atoms with Crippen LogP contribution in [0.3, 0.4) is 0 Å². The van der Waals surface area contributed by atoms with Gasteiger partial charge in [0.05, 0.1) is 6.61 Å². The van der Waals surface area contributed by atoms with Gasteiger partial charge in [-0.25, -0.2) is 0 Å². The number of amides is 2. The van der Waals surface area contributed by atoms with Gasteiger partial charge in [0.1, 0.15) is 5.75 Å². The Morgan fingerprint density at radius 3 is 2.56 bits per heavy atom. The van der Waals surface area contributed by atoms with E-state index in [0.717, 1.165) is 12.2 Å². The number of nitrogens with zero attached hydrogens (tertiary/aromatic N) is 1. The van der Waals surface area contributed by atoms with Crippen LogP contribution in [0.1, 0.15) is 23.7 Å². The van der Waals surface area contributed by atoms with Crippen molar-refractivity contribution in [2.24, 2.45) is 0 Å².